The van der Waals surface area contributed by atoms with Crippen LogP contribution in [-0.2, 0) is 6.54 Å². The minimum atomic E-state index is -0.0380. The molecule has 0 unspecified atom stereocenters. The van der Waals surface area contributed by atoms with Gasteiger partial charge in [0.25, 0.3) is 5.91 Å². The number of carbonyl (C=O) groups is 1. The highest BCUT2D eigenvalue weighted by molar-refractivity contribution is 6.99. The number of nitrogens with zero attached hydrogens (tertiary/aromatic N) is 3. The van der Waals surface area contributed by atoms with Crippen molar-refractivity contribution >= 4 is 17.6 Å². The Balaban J connectivity index is 1.50. The van der Waals surface area contributed by atoms with Gasteiger partial charge < -0.3 is 9.32 Å². The fourth-order valence-corrected chi connectivity index (χ4v) is 3.13. The molecule has 2 heterocycles. The monoisotopic (exact) mass is 303 g/mol. The van der Waals surface area contributed by atoms with Gasteiger partial charge in [-0.3, -0.25) is 4.79 Å². The standard InChI is InChI=1S/C15H17N3O2S/c1-9-6-12(9)14-5-4-11(20-14)8-18(10-2-3-10)15(19)13-7-16-21-17-13/h4-5,7,9-10,12H,2-3,6,8H2,1H3/t9-,12+/m0/s1. The second-order valence-electron chi connectivity index (χ2n) is 6.08. The van der Waals surface area contributed by atoms with Crippen LogP contribution >= 0.6 is 11.7 Å². The van der Waals surface area contributed by atoms with Gasteiger partial charge in [0.05, 0.1) is 24.5 Å². The molecule has 2 aliphatic carbocycles. The SMILES string of the molecule is C[C@H]1C[C@H]1c1ccc(CN(C(=O)c2cnsn2)C2CC2)o1. The molecule has 2 saturated carbocycles. The molecule has 2 atom stereocenters. The first-order chi connectivity index (χ1) is 10.2. The van der Waals surface area contributed by atoms with Gasteiger partial charge in [0.1, 0.15) is 11.5 Å². The summed E-state index contributed by atoms with van der Waals surface area (Å²) in [5, 5.41) is 0. The lowest BCUT2D eigenvalue weighted by atomic mass is 10.3. The molecular formula is C15H17N3O2S. The fourth-order valence-electron chi connectivity index (χ4n) is 2.72. The molecule has 2 aromatic rings. The minimum Gasteiger partial charge on any atom is -0.464 e. The molecule has 2 aliphatic rings. The number of amides is 1. The Morgan fingerprint density at radius 1 is 1.48 bits per heavy atom. The van der Waals surface area contributed by atoms with Crippen LogP contribution in [0.5, 0.6) is 0 Å². The van der Waals surface area contributed by atoms with Gasteiger partial charge in [-0.1, -0.05) is 6.92 Å². The fraction of sp³-hybridized carbons (Fsp3) is 0.533. The molecule has 2 aromatic heterocycles. The molecule has 0 bridgehead atoms. The summed E-state index contributed by atoms with van der Waals surface area (Å²) >= 11 is 1.07. The van der Waals surface area contributed by atoms with Crippen LogP contribution in [0.15, 0.2) is 22.7 Å². The summed E-state index contributed by atoms with van der Waals surface area (Å²) in [7, 11) is 0. The van der Waals surface area contributed by atoms with E-state index in [2.05, 4.69) is 21.7 Å². The van der Waals surface area contributed by atoms with Gasteiger partial charge in [0, 0.05) is 12.0 Å². The van der Waals surface area contributed by atoms with Crippen LogP contribution in [0.2, 0.25) is 0 Å². The van der Waals surface area contributed by atoms with Crippen molar-refractivity contribution in [1.29, 1.82) is 0 Å². The van der Waals surface area contributed by atoms with E-state index in [0.717, 1.165) is 42.0 Å². The van der Waals surface area contributed by atoms with Gasteiger partial charge in [-0.15, -0.1) is 0 Å². The van der Waals surface area contributed by atoms with Crippen molar-refractivity contribution in [2.45, 2.75) is 44.7 Å². The highest BCUT2D eigenvalue weighted by atomic mass is 32.1. The van der Waals surface area contributed by atoms with Crippen molar-refractivity contribution in [3.05, 3.63) is 35.5 Å². The molecular weight excluding hydrogens is 286 g/mol. The second kappa shape index (κ2) is 4.94. The zero-order chi connectivity index (χ0) is 14.4. The third-order valence-corrected chi connectivity index (χ3v) is 4.79. The molecule has 0 aromatic carbocycles. The van der Waals surface area contributed by atoms with Crippen LogP contribution in [0.1, 0.15) is 54.1 Å². The first kappa shape index (κ1) is 13.0. The Kier molecular flexibility index (Phi) is 3.06. The van der Waals surface area contributed by atoms with Gasteiger partial charge in [-0.05, 0) is 37.3 Å². The molecule has 0 radical (unpaired) electrons. The van der Waals surface area contributed by atoms with Crippen molar-refractivity contribution in [3.8, 4) is 0 Å². The van der Waals surface area contributed by atoms with Crippen molar-refractivity contribution in [2.75, 3.05) is 0 Å². The van der Waals surface area contributed by atoms with Crippen LogP contribution in [-0.4, -0.2) is 25.6 Å². The van der Waals surface area contributed by atoms with Gasteiger partial charge >= 0.3 is 0 Å². The Hall–Kier alpha value is -1.69. The quantitative estimate of drug-likeness (QED) is 0.851. The van der Waals surface area contributed by atoms with E-state index in [1.54, 1.807) is 6.20 Å². The van der Waals surface area contributed by atoms with E-state index >= 15 is 0 Å². The molecule has 5 nitrogen and oxygen atoms in total. The van der Waals surface area contributed by atoms with E-state index in [1.165, 1.54) is 6.42 Å². The highest BCUT2D eigenvalue weighted by Crippen LogP contribution is 2.47. The summed E-state index contributed by atoms with van der Waals surface area (Å²) in [6, 6.07) is 4.39. The molecule has 0 aliphatic heterocycles. The Bertz CT molecular complexity index is 648. The lowest BCUT2D eigenvalue weighted by Gasteiger charge is -2.19. The third kappa shape index (κ3) is 2.60. The maximum absolute atomic E-state index is 12.5. The topological polar surface area (TPSA) is 59.2 Å². The summed E-state index contributed by atoms with van der Waals surface area (Å²) in [4.78, 5) is 14.4. The van der Waals surface area contributed by atoms with Crippen LogP contribution in [0, 0.1) is 5.92 Å². The lowest BCUT2D eigenvalue weighted by molar-refractivity contribution is 0.0712. The van der Waals surface area contributed by atoms with Crippen molar-refractivity contribution < 1.29 is 9.21 Å². The number of hydrogen-bond donors (Lipinski definition) is 0. The molecule has 110 valence electrons. The molecule has 0 spiro atoms. The number of rotatable bonds is 5. The Morgan fingerprint density at radius 2 is 2.29 bits per heavy atom. The minimum absolute atomic E-state index is 0.0380. The molecule has 1 amide bonds. The zero-order valence-corrected chi connectivity index (χ0v) is 12.7. The highest BCUT2D eigenvalue weighted by Gasteiger charge is 2.38. The number of carbonyl (C=O) groups excluding carboxylic acids is 1. The molecule has 21 heavy (non-hydrogen) atoms. The number of hydrogen-bond acceptors (Lipinski definition) is 5. The second-order valence-corrected chi connectivity index (χ2v) is 6.64. The maximum Gasteiger partial charge on any atom is 0.275 e. The van der Waals surface area contributed by atoms with E-state index in [9.17, 15) is 4.79 Å². The summed E-state index contributed by atoms with van der Waals surface area (Å²) in [5.41, 5.74) is 0.439. The summed E-state index contributed by atoms with van der Waals surface area (Å²) in [6.45, 7) is 2.77. The summed E-state index contributed by atoms with van der Waals surface area (Å²) in [5.74, 6) is 3.20. The van der Waals surface area contributed by atoms with E-state index in [0.29, 0.717) is 24.2 Å². The zero-order valence-electron chi connectivity index (χ0n) is 11.9. The first-order valence-corrected chi connectivity index (χ1v) is 8.12. The van der Waals surface area contributed by atoms with Gasteiger partial charge in [-0.25, -0.2) is 0 Å². The van der Waals surface area contributed by atoms with Crippen LogP contribution in [0.3, 0.4) is 0 Å². The van der Waals surface area contributed by atoms with E-state index in [-0.39, 0.29) is 5.91 Å². The third-order valence-electron chi connectivity index (χ3n) is 4.31. The van der Waals surface area contributed by atoms with Crippen molar-refractivity contribution in [1.82, 2.24) is 13.6 Å². The lowest BCUT2D eigenvalue weighted by Crippen LogP contribution is -2.32. The predicted octanol–water partition coefficient (Wildman–Crippen LogP) is 3.06. The van der Waals surface area contributed by atoms with Crippen LogP contribution < -0.4 is 0 Å². The molecule has 0 N–H and O–H groups in total. The average Bonchev–Trinajstić information content (AvgIpc) is 3.32. The van der Waals surface area contributed by atoms with Crippen molar-refractivity contribution in [2.24, 2.45) is 5.92 Å². The predicted molar refractivity (Wildman–Crippen MR) is 78.0 cm³/mol. The smallest absolute Gasteiger partial charge is 0.275 e. The number of furan rings is 1. The normalized spacial score (nSPS) is 24.0. The molecule has 6 heteroatoms. The maximum atomic E-state index is 12.5. The van der Waals surface area contributed by atoms with Gasteiger partial charge in [0.2, 0.25) is 0 Å². The molecule has 4 rings (SSSR count). The van der Waals surface area contributed by atoms with E-state index in [1.807, 2.05) is 11.0 Å². The summed E-state index contributed by atoms with van der Waals surface area (Å²) < 4.78 is 13.9. The Labute approximate surface area is 127 Å². The van der Waals surface area contributed by atoms with Gasteiger partial charge in [0.15, 0.2) is 5.69 Å². The number of aromatic nitrogens is 2. The van der Waals surface area contributed by atoms with Crippen molar-refractivity contribution in [3.63, 3.8) is 0 Å². The van der Waals surface area contributed by atoms with E-state index < -0.39 is 0 Å². The summed E-state index contributed by atoms with van der Waals surface area (Å²) in [6.07, 6.45) is 4.89. The first-order valence-electron chi connectivity index (χ1n) is 7.39. The van der Waals surface area contributed by atoms with Crippen LogP contribution in [0.25, 0.3) is 0 Å². The van der Waals surface area contributed by atoms with Gasteiger partial charge in [-0.2, -0.15) is 8.75 Å². The van der Waals surface area contributed by atoms with Crippen LogP contribution in [0.4, 0.5) is 0 Å². The molecule has 2 fully saturated rings. The molecule has 0 saturated heterocycles. The Morgan fingerprint density at radius 3 is 2.90 bits per heavy atom. The largest absolute Gasteiger partial charge is 0.464 e. The van der Waals surface area contributed by atoms with E-state index in [4.69, 9.17) is 4.42 Å². The average molecular weight is 303 g/mol.